The van der Waals surface area contributed by atoms with Crippen molar-refractivity contribution in [3.8, 4) is 0 Å². The number of hydrogen-bond donors (Lipinski definition) is 2. The summed E-state index contributed by atoms with van der Waals surface area (Å²) in [5, 5.41) is 9.83. The van der Waals surface area contributed by atoms with Gasteiger partial charge >= 0.3 is 5.69 Å². The minimum absolute atomic E-state index is 0.262. The lowest BCUT2D eigenvalue weighted by atomic mass is 10.0. The van der Waals surface area contributed by atoms with Crippen LogP contribution >= 0.6 is 0 Å². The van der Waals surface area contributed by atoms with Gasteiger partial charge in [0.2, 0.25) is 5.95 Å². The summed E-state index contributed by atoms with van der Waals surface area (Å²) in [7, 11) is 1.59. The number of aliphatic hydroxyl groups is 1. The number of anilines is 1. The number of aliphatic hydroxyl groups excluding tert-OH is 1. The van der Waals surface area contributed by atoms with E-state index in [1.807, 2.05) is 0 Å². The van der Waals surface area contributed by atoms with Crippen LogP contribution in [0.15, 0.2) is 9.59 Å². The van der Waals surface area contributed by atoms with Crippen LogP contribution in [-0.4, -0.2) is 43.4 Å². The molecule has 0 bridgehead atoms. The molecule has 0 amide bonds. The maximum absolute atomic E-state index is 12.3. The first kappa shape index (κ1) is 15.8. The molecule has 23 heavy (non-hydrogen) atoms. The summed E-state index contributed by atoms with van der Waals surface area (Å²) < 4.78 is 3.07. The van der Waals surface area contributed by atoms with E-state index in [0.29, 0.717) is 23.0 Å². The maximum atomic E-state index is 12.3. The second kappa shape index (κ2) is 5.84. The number of fused-ring (bicyclic) bond motifs is 1. The van der Waals surface area contributed by atoms with E-state index in [4.69, 9.17) is 0 Å². The normalized spacial score (nSPS) is 20.2. The van der Waals surface area contributed by atoms with Gasteiger partial charge in [-0.25, -0.2) is 4.79 Å². The summed E-state index contributed by atoms with van der Waals surface area (Å²) in [6, 6.07) is 0. The van der Waals surface area contributed by atoms with Gasteiger partial charge in [-0.2, -0.15) is 4.98 Å². The van der Waals surface area contributed by atoms with Crippen molar-refractivity contribution in [1.29, 1.82) is 0 Å². The van der Waals surface area contributed by atoms with Crippen LogP contribution < -0.4 is 16.1 Å². The van der Waals surface area contributed by atoms with Crippen LogP contribution in [-0.2, 0) is 13.6 Å². The average Bonchev–Trinajstić information content (AvgIpc) is 2.84. The molecule has 0 unspecified atom stereocenters. The highest BCUT2D eigenvalue weighted by Crippen LogP contribution is 2.25. The third-order valence-corrected chi connectivity index (χ3v) is 4.37. The van der Waals surface area contributed by atoms with Gasteiger partial charge in [-0.05, 0) is 25.7 Å². The van der Waals surface area contributed by atoms with Gasteiger partial charge in [-0.3, -0.25) is 14.3 Å². The molecule has 0 aromatic carbocycles. The third-order valence-electron chi connectivity index (χ3n) is 4.37. The predicted octanol–water partition coefficient (Wildman–Crippen LogP) is 0.0404. The highest BCUT2D eigenvalue weighted by molar-refractivity contribution is 5.74. The molecule has 8 heteroatoms. The zero-order valence-corrected chi connectivity index (χ0v) is 13.7. The Labute approximate surface area is 133 Å². The van der Waals surface area contributed by atoms with Gasteiger partial charge in [0.05, 0.1) is 12.6 Å². The Hall–Kier alpha value is -2.09. The summed E-state index contributed by atoms with van der Waals surface area (Å²) in [4.78, 5) is 33.1. The van der Waals surface area contributed by atoms with Crippen LogP contribution in [0.2, 0.25) is 0 Å². The molecule has 8 nitrogen and oxygen atoms in total. The van der Waals surface area contributed by atoms with Crippen LogP contribution in [0.3, 0.4) is 0 Å². The molecule has 2 aromatic rings. The van der Waals surface area contributed by atoms with Gasteiger partial charge in [0, 0.05) is 20.1 Å². The molecule has 2 atom stereocenters. The zero-order valence-electron chi connectivity index (χ0n) is 13.7. The van der Waals surface area contributed by atoms with E-state index in [1.165, 1.54) is 11.0 Å². The molecule has 1 aliphatic rings. The molecular weight excluding hydrogens is 298 g/mol. The molecule has 126 valence electrons. The van der Waals surface area contributed by atoms with Crippen LogP contribution in [0.1, 0.15) is 26.7 Å². The van der Waals surface area contributed by atoms with Crippen LogP contribution in [0.4, 0.5) is 5.95 Å². The maximum Gasteiger partial charge on any atom is 0.329 e. The van der Waals surface area contributed by atoms with Gasteiger partial charge in [-0.1, -0.05) is 6.92 Å². The SMILES string of the molecule is C[C@H]1CCCN(c2nc3c(c(=O)[nH]c(=O)n3C)n2C[C@@H](C)O)C1. The van der Waals surface area contributed by atoms with Crippen molar-refractivity contribution in [1.82, 2.24) is 19.1 Å². The van der Waals surface area contributed by atoms with E-state index in [-0.39, 0.29) is 6.54 Å². The largest absolute Gasteiger partial charge is 0.392 e. The van der Waals surface area contributed by atoms with Crippen LogP contribution in [0.5, 0.6) is 0 Å². The van der Waals surface area contributed by atoms with Gasteiger partial charge in [-0.15, -0.1) is 0 Å². The van der Waals surface area contributed by atoms with E-state index in [2.05, 4.69) is 21.8 Å². The highest BCUT2D eigenvalue weighted by atomic mass is 16.3. The van der Waals surface area contributed by atoms with E-state index in [0.717, 1.165) is 19.5 Å². The number of nitrogens with one attached hydrogen (secondary N) is 1. The molecule has 3 heterocycles. The molecule has 3 rings (SSSR count). The summed E-state index contributed by atoms with van der Waals surface area (Å²) in [6.45, 7) is 5.84. The Kier molecular flexibility index (Phi) is 4.01. The van der Waals surface area contributed by atoms with Crippen LogP contribution in [0.25, 0.3) is 11.2 Å². The summed E-state index contributed by atoms with van der Waals surface area (Å²) in [5.41, 5.74) is -0.260. The first-order valence-electron chi connectivity index (χ1n) is 8.01. The molecular formula is C15H23N5O3. The van der Waals surface area contributed by atoms with Gasteiger partial charge in [0.15, 0.2) is 11.2 Å². The number of imidazole rings is 1. The first-order chi connectivity index (χ1) is 10.9. The van der Waals surface area contributed by atoms with Crippen molar-refractivity contribution in [2.45, 2.75) is 39.3 Å². The van der Waals surface area contributed by atoms with Crippen molar-refractivity contribution < 1.29 is 5.11 Å². The Morgan fingerprint density at radius 3 is 2.83 bits per heavy atom. The Morgan fingerprint density at radius 2 is 2.17 bits per heavy atom. The fourth-order valence-electron chi connectivity index (χ4n) is 3.27. The number of nitrogens with zero attached hydrogens (tertiary/aromatic N) is 4. The number of rotatable bonds is 3. The molecule has 2 N–H and O–H groups in total. The van der Waals surface area contributed by atoms with Gasteiger partial charge in [0.1, 0.15) is 0 Å². The van der Waals surface area contributed by atoms with Crippen molar-refractivity contribution in [3.05, 3.63) is 20.8 Å². The van der Waals surface area contributed by atoms with Gasteiger partial charge in [0.25, 0.3) is 5.56 Å². The standard InChI is InChI=1S/C15H23N5O3/c1-9-5-4-6-19(7-9)14-16-12-11(20(14)8-10(2)21)13(22)17-15(23)18(12)3/h9-10,21H,4-8H2,1-3H3,(H,17,22,23)/t9-,10+/m0/s1. The van der Waals surface area contributed by atoms with Gasteiger partial charge < -0.3 is 14.6 Å². The number of hydrogen-bond acceptors (Lipinski definition) is 5. The van der Waals surface area contributed by atoms with Crippen molar-refractivity contribution >= 4 is 17.1 Å². The quantitative estimate of drug-likeness (QED) is 0.832. The monoisotopic (exact) mass is 321 g/mol. The molecule has 1 saturated heterocycles. The average molecular weight is 321 g/mol. The lowest BCUT2D eigenvalue weighted by Crippen LogP contribution is -2.36. The zero-order chi connectivity index (χ0) is 16.7. The topological polar surface area (TPSA) is 96.2 Å². The highest BCUT2D eigenvalue weighted by Gasteiger charge is 2.25. The summed E-state index contributed by atoms with van der Waals surface area (Å²) >= 11 is 0. The van der Waals surface area contributed by atoms with E-state index in [1.54, 1.807) is 18.5 Å². The first-order valence-corrected chi connectivity index (χ1v) is 8.01. The smallest absolute Gasteiger partial charge is 0.329 e. The number of aromatic nitrogens is 4. The molecule has 0 spiro atoms. The molecule has 1 fully saturated rings. The van der Waals surface area contributed by atoms with Crippen molar-refractivity contribution in [2.24, 2.45) is 13.0 Å². The fraction of sp³-hybridized carbons (Fsp3) is 0.667. The molecule has 0 saturated carbocycles. The van der Waals surface area contributed by atoms with E-state index < -0.39 is 17.4 Å². The third kappa shape index (κ3) is 2.78. The van der Waals surface area contributed by atoms with Crippen LogP contribution in [0, 0.1) is 5.92 Å². The summed E-state index contributed by atoms with van der Waals surface area (Å²) in [6.07, 6.45) is 1.62. The van der Waals surface area contributed by atoms with E-state index >= 15 is 0 Å². The van der Waals surface area contributed by atoms with E-state index in [9.17, 15) is 14.7 Å². The van der Waals surface area contributed by atoms with Crippen molar-refractivity contribution in [2.75, 3.05) is 18.0 Å². The minimum atomic E-state index is -0.620. The second-order valence-electron chi connectivity index (χ2n) is 6.56. The Bertz CT molecular complexity index is 832. The lowest BCUT2D eigenvalue weighted by molar-refractivity contribution is 0.175. The molecule has 2 aromatic heterocycles. The number of aromatic amines is 1. The minimum Gasteiger partial charge on any atom is -0.392 e. The predicted molar refractivity (Wildman–Crippen MR) is 87.9 cm³/mol. The second-order valence-corrected chi connectivity index (χ2v) is 6.56. The molecule has 1 aliphatic heterocycles. The molecule has 0 aliphatic carbocycles. The number of piperidine rings is 1. The summed E-state index contributed by atoms with van der Waals surface area (Å²) in [5.74, 6) is 1.20. The molecule has 0 radical (unpaired) electrons. The Balaban J connectivity index is 2.23. The lowest BCUT2D eigenvalue weighted by Gasteiger charge is -2.32. The number of aryl methyl sites for hydroxylation is 1. The Morgan fingerprint density at radius 1 is 1.43 bits per heavy atom. The number of H-pyrrole nitrogens is 1. The van der Waals surface area contributed by atoms with Crippen molar-refractivity contribution in [3.63, 3.8) is 0 Å². The fourth-order valence-corrected chi connectivity index (χ4v) is 3.27.